The molecular formula is C9H15B. The highest BCUT2D eigenvalue weighted by molar-refractivity contribution is 6.22. The van der Waals surface area contributed by atoms with E-state index in [1.165, 1.54) is 24.8 Å². The van der Waals surface area contributed by atoms with Crippen LogP contribution in [0, 0.1) is 5.92 Å². The molecule has 0 fully saturated rings. The van der Waals surface area contributed by atoms with Gasteiger partial charge >= 0.3 is 0 Å². The number of hydrogen-bond acceptors (Lipinski definition) is 0. The summed E-state index contributed by atoms with van der Waals surface area (Å²) in [7, 11) is 5.77. The second-order valence-corrected chi connectivity index (χ2v) is 3.32. The monoisotopic (exact) mass is 134 g/mol. The van der Waals surface area contributed by atoms with Gasteiger partial charge in [-0.2, -0.15) is 0 Å². The van der Waals surface area contributed by atoms with E-state index in [0.29, 0.717) is 0 Å². The standard InChI is InChI=1S/C9H15B/c1-3-8-4-5-9(10)7(2)6-8/h8H,3-6H2,1-2H3. The lowest BCUT2D eigenvalue weighted by atomic mass is 9.76. The predicted molar refractivity (Wildman–Crippen MR) is 46.1 cm³/mol. The van der Waals surface area contributed by atoms with Gasteiger partial charge in [0.2, 0.25) is 0 Å². The molecule has 1 rings (SSSR count). The molecule has 1 aliphatic carbocycles. The fraction of sp³-hybridized carbons (Fsp3) is 0.778. The van der Waals surface area contributed by atoms with Crippen molar-refractivity contribution in [3.63, 3.8) is 0 Å². The normalized spacial score (nSPS) is 27.2. The molecule has 54 valence electrons. The topological polar surface area (TPSA) is 0 Å². The highest BCUT2D eigenvalue weighted by Crippen LogP contribution is 2.29. The van der Waals surface area contributed by atoms with Crippen LogP contribution in [0.4, 0.5) is 0 Å². The van der Waals surface area contributed by atoms with Crippen molar-refractivity contribution in [3.05, 3.63) is 11.0 Å². The zero-order chi connectivity index (χ0) is 7.56. The first-order chi connectivity index (χ1) is 4.74. The van der Waals surface area contributed by atoms with Gasteiger partial charge < -0.3 is 0 Å². The minimum Gasteiger partial charge on any atom is -0.119 e. The van der Waals surface area contributed by atoms with Gasteiger partial charge in [0, 0.05) is 0 Å². The molecule has 0 aromatic carbocycles. The van der Waals surface area contributed by atoms with E-state index in [1.807, 2.05) is 0 Å². The van der Waals surface area contributed by atoms with Crippen LogP contribution in [0.5, 0.6) is 0 Å². The fourth-order valence-corrected chi connectivity index (χ4v) is 1.59. The first-order valence-corrected chi connectivity index (χ1v) is 4.18. The number of allylic oxidation sites excluding steroid dienone is 2. The first-order valence-electron chi connectivity index (χ1n) is 4.18. The molecule has 2 radical (unpaired) electrons. The molecule has 0 nitrogen and oxygen atoms in total. The lowest BCUT2D eigenvalue weighted by Crippen LogP contribution is -2.08. The molecule has 0 bridgehead atoms. The molecular weight excluding hydrogens is 119 g/mol. The highest BCUT2D eigenvalue weighted by Gasteiger charge is 2.13. The van der Waals surface area contributed by atoms with Crippen LogP contribution in [0.3, 0.4) is 0 Å². The third-order valence-corrected chi connectivity index (χ3v) is 2.54. The van der Waals surface area contributed by atoms with Crippen molar-refractivity contribution in [2.75, 3.05) is 0 Å². The van der Waals surface area contributed by atoms with Gasteiger partial charge in [0.1, 0.15) is 7.85 Å². The predicted octanol–water partition coefficient (Wildman–Crippen LogP) is 2.64. The largest absolute Gasteiger partial charge is 0.119 e. The molecule has 0 N–H and O–H groups in total. The van der Waals surface area contributed by atoms with Crippen LogP contribution in [-0.2, 0) is 0 Å². The Bertz CT molecular complexity index is 147. The Morgan fingerprint density at radius 3 is 2.80 bits per heavy atom. The Morgan fingerprint density at radius 2 is 2.30 bits per heavy atom. The van der Waals surface area contributed by atoms with E-state index in [0.717, 1.165) is 17.8 Å². The minimum absolute atomic E-state index is 0.910. The van der Waals surface area contributed by atoms with Crippen molar-refractivity contribution in [3.8, 4) is 0 Å². The van der Waals surface area contributed by atoms with Crippen molar-refractivity contribution < 1.29 is 0 Å². The van der Waals surface area contributed by atoms with Crippen LogP contribution >= 0.6 is 0 Å². The van der Waals surface area contributed by atoms with Gasteiger partial charge in [0.25, 0.3) is 0 Å². The Kier molecular flexibility index (Phi) is 2.59. The van der Waals surface area contributed by atoms with Crippen molar-refractivity contribution in [2.24, 2.45) is 5.92 Å². The van der Waals surface area contributed by atoms with Gasteiger partial charge in [-0.25, -0.2) is 0 Å². The van der Waals surface area contributed by atoms with E-state index in [-0.39, 0.29) is 0 Å². The molecule has 1 aliphatic rings. The van der Waals surface area contributed by atoms with E-state index in [1.54, 1.807) is 0 Å². The molecule has 0 aromatic heterocycles. The van der Waals surface area contributed by atoms with E-state index in [2.05, 4.69) is 13.8 Å². The van der Waals surface area contributed by atoms with Crippen LogP contribution in [-0.4, -0.2) is 7.85 Å². The molecule has 1 atom stereocenters. The molecule has 0 heterocycles. The molecule has 0 saturated heterocycles. The fourth-order valence-electron chi connectivity index (χ4n) is 1.59. The van der Waals surface area contributed by atoms with Crippen molar-refractivity contribution in [2.45, 2.75) is 39.5 Å². The third kappa shape index (κ3) is 1.65. The number of rotatable bonds is 1. The van der Waals surface area contributed by atoms with Crippen LogP contribution < -0.4 is 0 Å². The van der Waals surface area contributed by atoms with E-state index >= 15 is 0 Å². The molecule has 0 spiro atoms. The minimum atomic E-state index is 0.910. The molecule has 0 aromatic rings. The quantitative estimate of drug-likeness (QED) is 0.483. The second kappa shape index (κ2) is 3.27. The maximum absolute atomic E-state index is 5.77. The zero-order valence-corrected chi connectivity index (χ0v) is 6.98. The van der Waals surface area contributed by atoms with Gasteiger partial charge in [-0.15, -0.1) is 5.47 Å². The SMILES string of the molecule is [B]C1=C(C)CC(CC)CC1. The molecule has 10 heavy (non-hydrogen) atoms. The molecule has 1 heteroatoms. The van der Waals surface area contributed by atoms with Crippen molar-refractivity contribution in [1.82, 2.24) is 0 Å². The summed E-state index contributed by atoms with van der Waals surface area (Å²) in [5.41, 5.74) is 2.57. The van der Waals surface area contributed by atoms with Crippen LogP contribution in [0.1, 0.15) is 39.5 Å². The van der Waals surface area contributed by atoms with E-state index in [4.69, 9.17) is 7.85 Å². The summed E-state index contributed by atoms with van der Waals surface area (Å²) in [6, 6.07) is 0. The van der Waals surface area contributed by atoms with Gasteiger partial charge in [0.05, 0.1) is 0 Å². The second-order valence-electron chi connectivity index (χ2n) is 3.32. The van der Waals surface area contributed by atoms with Crippen LogP contribution in [0.2, 0.25) is 0 Å². The summed E-state index contributed by atoms with van der Waals surface area (Å²) in [6.45, 7) is 4.43. The lowest BCUT2D eigenvalue weighted by Gasteiger charge is -2.23. The summed E-state index contributed by atoms with van der Waals surface area (Å²) in [6.07, 6.45) is 4.98. The Morgan fingerprint density at radius 1 is 1.60 bits per heavy atom. The molecule has 0 amide bonds. The average molecular weight is 134 g/mol. The summed E-state index contributed by atoms with van der Waals surface area (Å²) < 4.78 is 0. The third-order valence-electron chi connectivity index (χ3n) is 2.54. The van der Waals surface area contributed by atoms with Gasteiger partial charge in [-0.1, -0.05) is 18.9 Å². The number of hydrogen-bond donors (Lipinski definition) is 0. The summed E-state index contributed by atoms with van der Waals surface area (Å²) >= 11 is 0. The molecule has 0 saturated carbocycles. The molecule has 1 unspecified atom stereocenters. The first kappa shape index (κ1) is 7.91. The van der Waals surface area contributed by atoms with E-state index in [9.17, 15) is 0 Å². The van der Waals surface area contributed by atoms with E-state index < -0.39 is 0 Å². The van der Waals surface area contributed by atoms with Gasteiger partial charge in [-0.3, -0.25) is 0 Å². The molecule has 0 aliphatic heterocycles. The zero-order valence-electron chi connectivity index (χ0n) is 6.98. The van der Waals surface area contributed by atoms with Gasteiger partial charge in [0.15, 0.2) is 0 Å². The Hall–Kier alpha value is -0.195. The summed E-state index contributed by atoms with van der Waals surface area (Å²) in [4.78, 5) is 0. The van der Waals surface area contributed by atoms with Crippen molar-refractivity contribution in [1.29, 1.82) is 0 Å². The van der Waals surface area contributed by atoms with Crippen molar-refractivity contribution >= 4 is 7.85 Å². The highest BCUT2D eigenvalue weighted by atomic mass is 14.2. The smallest absolute Gasteiger partial charge is 0.107 e. The summed E-state index contributed by atoms with van der Waals surface area (Å²) in [5.74, 6) is 0.910. The Balaban J connectivity index is 2.54. The summed E-state index contributed by atoms with van der Waals surface area (Å²) in [5, 5.41) is 0. The van der Waals surface area contributed by atoms with Crippen LogP contribution in [0.15, 0.2) is 11.0 Å². The van der Waals surface area contributed by atoms with Gasteiger partial charge in [-0.05, 0) is 32.1 Å². The maximum Gasteiger partial charge on any atom is 0.107 e. The lowest BCUT2D eigenvalue weighted by molar-refractivity contribution is 0.448. The maximum atomic E-state index is 5.77. The Labute approximate surface area is 65.1 Å². The van der Waals surface area contributed by atoms with Crippen LogP contribution in [0.25, 0.3) is 0 Å². The average Bonchev–Trinajstić information content (AvgIpc) is 1.95.